The van der Waals surface area contributed by atoms with Crippen LogP contribution in [0.5, 0.6) is 11.5 Å². The van der Waals surface area contributed by atoms with Gasteiger partial charge < -0.3 is 9.68 Å². The molecule has 0 aliphatic carbocycles. The van der Waals surface area contributed by atoms with Gasteiger partial charge in [0.25, 0.3) is 0 Å². The summed E-state index contributed by atoms with van der Waals surface area (Å²) in [6.45, 7) is 0. The third kappa shape index (κ3) is 3.94. The third-order valence-electron chi connectivity index (χ3n) is 2.54. The fourth-order valence-electron chi connectivity index (χ4n) is 1.75. The summed E-state index contributed by atoms with van der Waals surface area (Å²) in [6.07, 6.45) is 0. The Hall–Kier alpha value is -2.12. The van der Waals surface area contributed by atoms with Crippen LogP contribution in [0.4, 0.5) is 0 Å². The van der Waals surface area contributed by atoms with E-state index in [-0.39, 0.29) is 0 Å². The van der Waals surface area contributed by atoms with E-state index >= 15 is 0 Å². The Kier molecular flexibility index (Phi) is 4.54. The van der Waals surface area contributed by atoms with E-state index in [0.717, 1.165) is 21.5 Å². The van der Waals surface area contributed by atoms with Crippen molar-refractivity contribution < 1.29 is 9.68 Å². The number of rotatable bonds is 5. The molecule has 0 fully saturated rings. The predicted octanol–water partition coefficient (Wildman–Crippen LogP) is 1.55. The van der Waals surface area contributed by atoms with Gasteiger partial charge in [-0.2, -0.15) is 0 Å². The average Bonchev–Trinajstić information content (AvgIpc) is 2.39. The third-order valence-corrected chi connectivity index (χ3v) is 2.54. The maximum Gasteiger partial charge on any atom is 0.149 e. The second-order valence-electron chi connectivity index (χ2n) is 4.32. The van der Waals surface area contributed by atoms with Crippen LogP contribution in [-0.2, 0) is 0 Å². The molecule has 0 atom stereocenters. The van der Waals surface area contributed by atoms with Crippen molar-refractivity contribution in [1.82, 2.24) is 10.3 Å². The zero-order valence-corrected chi connectivity index (χ0v) is 11.5. The molecule has 0 saturated heterocycles. The highest BCUT2D eigenvalue weighted by Gasteiger charge is 2.02. The molecule has 0 radical (unpaired) electrons. The largest absolute Gasteiger partial charge is 0.392 e. The highest BCUT2D eigenvalue weighted by molar-refractivity contribution is 5.64. The van der Waals surface area contributed by atoms with E-state index in [1.54, 1.807) is 14.1 Å². The molecule has 0 aliphatic rings. The van der Waals surface area contributed by atoms with Crippen LogP contribution >= 0.6 is 0 Å². The van der Waals surface area contributed by atoms with Gasteiger partial charge in [-0.1, -0.05) is 34.6 Å². The van der Waals surface area contributed by atoms with E-state index in [0.29, 0.717) is 11.5 Å². The lowest BCUT2D eigenvalue weighted by atomic mass is 10.1. The van der Waals surface area contributed by atoms with Crippen molar-refractivity contribution in [3.63, 3.8) is 0 Å². The molecular formula is C14H18N4O2. The van der Waals surface area contributed by atoms with Crippen molar-refractivity contribution >= 4 is 0 Å². The van der Waals surface area contributed by atoms with Gasteiger partial charge in [-0.15, -0.1) is 0 Å². The van der Waals surface area contributed by atoms with Crippen LogP contribution < -0.4 is 21.4 Å². The van der Waals surface area contributed by atoms with Crippen LogP contribution in [0.25, 0.3) is 11.1 Å². The van der Waals surface area contributed by atoms with Gasteiger partial charge in [-0.05, 0) is 35.4 Å². The molecule has 0 aliphatic heterocycles. The van der Waals surface area contributed by atoms with Crippen LogP contribution in [0, 0.1) is 0 Å². The Morgan fingerprint density at radius 3 is 1.20 bits per heavy atom. The van der Waals surface area contributed by atoms with Crippen LogP contribution in [0.2, 0.25) is 0 Å². The molecule has 20 heavy (non-hydrogen) atoms. The van der Waals surface area contributed by atoms with E-state index in [1.807, 2.05) is 48.5 Å². The molecule has 0 aromatic heterocycles. The number of hydrogen-bond donors (Lipinski definition) is 2. The zero-order valence-electron chi connectivity index (χ0n) is 11.5. The lowest BCUT2D eigenvalue weighted by Crippen LogP contribution is -2.29. The lowest BCUT2D eigenvalue weighted by molar-refractivity contribution is -0.0331. The lowest BCUT2D eigenvalue weighted by Gasteiger charge is -2.12. The molecule has 6 heteroatoms. The Labute approximate surface area is 117 Å². The first-order valence-corrected chi connectivity index (χ1v) is 6.08. The standard InChI is InChI=1S/C14H18N4O2/c1-17(15)19-13-7-3-11(4-8-13)12-5-9-14(10-6-12)20-18(2)16/h3-10H,15-16H2,1-2H3. The monoisotopic (exact) mass is 274 g/mol. The quantitative estimate of drug-likeness (QED) is 0.636. The predicted molar refractivity (Wildman–Crippen MR) is 77.0 cm³/mol. The van der Waals surface area contributed by atoms with E-state index in [1.165, 1.54) is 0 Å². The van der Waals surface area contributed by atoms with Crippen LogP contribution in [0.3, 0.4) is 0 Å². The first kappa shape index (κ1) is 14.3. The molecule has 0 unspecified atom stereocenters. The summed E-state index contributed by atoms with van der Waals surface area (Å²) in [4.78, 5) is 10.5. The molecule has 2 rings (SSSR count). The molecule has 0 amide bonds. The highest BCUT2D eigenvalue weighted by atomic mass is 16.7. The zero-order chi connectivity index (χ0) is 14.5. The Bertz CT molecular complexity index is 487. The van der Waals surface area contributed by atoms with Crippen molar-refractivity contribution in [3.05, 3.63) is 48.5 Å². The topological polar surface area (TPSA) is 77.0 Å². The first-order valence-electron chi connectivity index (χ1n) is 6.08. The molecule has 106 valence electrons. The van der Waals surface area contributed by atoms with Crippen LogP contribution in [0.15, 0.2) is 48.5 Å². The number of hydroxylamine groups is 2. The van der Waals surface area contributed by atoms with Crippen molar-refractivity contribution in [3.8, 4) is 22.6 Å². The van der Waals surface area contributed by atoms with Gasteiger partial charge >= 0.3 is 0 Å². The van der Waals surface area contributed by atoms with Gasteiger partial charge in [0.15, 0.2) is 0 Å². The van der Waals surface area contributed by atoms with Crippen molar-refractivity contribution in [2.75, 3.05) is 14.1 Å². The summed E-state index contributed by atoms with van der Waals surface area (Å²) >= 11 is 0. The number of hydrazine groups is 2. The second kappa shape index (κ2) is 6.36. The van der Waals surface area contributed by atoms with E-state index < -0.39 is 0 Å². The Morgan fingerprint density at radius 2 is 0.950 bits per heavy atom. The molecule has 0 bridgehead atoms. The summed E-state index contributed by atoms with van der Waals surface area (Å²) in [7, 11) is 3.25. The van der Waals surface area contributed by atoms with Gasteiger partial charge in [0, 0.05) is 14.1 Å². The minimum absolute atomic E-state index is 0.684. The molecule has 6 nitrogen and oxygen atoms in total. The Balaban J connectivity index is 2.11. The smallest absolute Gasteiger partial charge is 0.149 e. The summed E-state index contributed by atoms with van der Waals surface area (Å²) < 4.78 is 0. The second-order valence-corrected chi connectivity index (χ2v) is 4.32. The number of nitrogens with zero attached hydrogens (tertiary/aromatic N) is 2. The number of hydrogen-bond acceptors (Lipinski definition) is 6. The van der Waals surface area contributed by atoms with Gasteiger partial charge in [0.1, 0.15) is 11.5 Å². The summed E-state index contributed by atoms with van der Waals surface area (Å²) in [5.41, 5.74) is 2.15. The summed E-state index contributed by atoms with van der Waals surface area (Å²) in [5, 5.41) is 2.31. The minimum atomic E-state index is 0.684. The molecule has 0 saturated carbocycles. The van der Waals surface area contributed by atoms with Crippen molar-refractivity contribution in [2.24, 2.45) is 11.7 Å². The van der Waals surface area contributed by atoms with Gasteiger partial charge in [0.2, 0.25) is 0 Å². The van der Waals surface area contributed by atoms with Gasteiger partial charge in [-0.25, -0.2) is 11.7 Å². The van der Waals surface area contributed by atoms with Crippen molar-refractivity contribution in [2.45, 2.75) is 0 Å². The molecule has 0 heterocycles. The molecule has 2 aromatic rings. The maximum absolute atomic E-state index is 5.41. The number of benzene rings is 2. The fraction of sp³-hybridized carbons (Fsp3) is 0.143. The normalized spacial score (nSPS) is 10.9. The van der Waals surface area contributed by atoms with Gasteiger partial charge in [0.05, 0.1) is 0 Å². The van der Waals surface area contributed by atoms with E-state index in [4.69, 9.17) is 21.4 Å². The molecule has 2 aromatic carbocycles. The molecular weight excluding hydrogens is 256 g/mol. The SMILES string of the molecule is CN(N)Oc1ccc(-c2ccc(ON(C)N)cc2)cc1. The van der Waals surface area contributed by atoms with Crippen LogP contribution in [0.1, 0.15) is 0 Å². The Morgan fingerprint density at radius 1 is 0.650 bits per heavy atom. The average molecular weight is 274 g/mol. The first-order chi connectivity index (χ1) is 9.54. The molecule has 4 N–H and O–H groups in total. The van der Waals surface area contributed by atoms with Crippen LogP contribution in [-0.4, -0.2) is 24.4 Å². The minimum Gasteiger partial charge on any atom is -0.392 e. The fourth-order valence-corrected chi connectivity index (χ4v) is 1.75. The summed E-state index contributed by atoms with van der Waals surface area (Å²) in [5.74, 6) is 12.2. The van der Waals surface area contributed by atoms with E-state index in [2.05, 4.69) is 0 Å². The van der Waals surface area contributed by atoms with Gasteiger partial charge in [-0.3, -0.25) is 0 Å². The summed E-state index contributed by atoms with van der Waals surface area (Å²) in [6, 6.07) is 15.3. The van der Waals surface area contributed by atoms with Crippen molar-refractivity contribution in [1.29, 1.82) is 0 Å². The molecule has 0 spiro atoms. The maximum atomic E-state index is 5.41. The number of nitrogens with two attached hydrogens (primary N) is 2. The van der Waals surface area contributed by atoms with E-state index in [9.17, 15) is 0 Å². The highest BCUT2D eigenvalue weighted by Crippen LogP contribution is 2.24.